The van der Waals surface area contributed by atoms with Crippen LogP contribution < -0.4 is 11.1 Å². The van der Waals surface area contributed by atoms with Crippen molar-refractivity contribution < 1.29 is 27.9 Å². The van der Waals surface area contributed by atoms with Crippen molar-refractivity contribution in [3.05, 3.63) is 0 Å². The summed E-state index contributed by atoms with van der Waals surface area (Å²) in [6.45, 7) is 0. The standard InChI is InChI=1S/C11H18N2O6S/c12-9(14)2-1-8(11(16)17)13-10(15)5-7-3-4-20(18,19)6-7/h7-8H,1-6H2,(H2,12,14)(H,13,15)(H,16,17)/t7?,8-/m0/s1. The molecule has 0 aromatic carbocycles. The number of hydrogen-bond acceptors (Lipinski definition) is 5. The number of carbonyl (C=O) groups is 3. The Hall–Kier alpha value is -1.64. The second-order valence-electron chi connectivity index (χ2n) is 4.94. The van der Waals surface area contributed by atoms with Crippen LogP contribution in [0.1, 0.15) is 25.7 Å². The van der Waals surface area contributed by atoms with Gasteiger partial charge in [0.15, 0.2) is 9.84 Å². The fourth-order valence-electron chi connectivity index (χ4n) is 2.09. The lowest BCUT2D eigenvalue weighted by Gasteiger charge is -2.15. The van der Waals surface area contributed by atoms with Crippen LogP contribution in [0.15, 0.2) is 0 Å². The van der Waals surface area contributed by atoms with E-state index in [9.17, 15) is 22.8 Å². The van der Waals surface area contributed by atoms with E-state index in [-0.39, 0.29) is 36.7 Å². The van der Waals surface area contributed by atoms with Crippen molar-refractivity contribution in [2.24, 2.45) is 11.7 Å². The van der Waals surface area contributed by atoms with Crippen LogP contribution in [-0.2, 0) is 24.2 Å². The predicted octanol–water partition coefficient (Wildman–Crippen LogP) is -1.35. The van der Waals surface area contributed by atoms with Crippen LogP contribution in [0.25, 0.3) is 0 Å². The van der Waals surface area contributed by atoms with Crippen LogP contribution in [0, 0.1) is 5.92 Å². The number of carbonyl (C=O) groups excluding carboxylic acids is 2. The van der Waals surface area contributed by atoms with Gasteiger partial charge in [0.25, 0.3) is 0 Å². The first-order valence-electron chi connectivity index (χ1n) is 6.20. The van der Waals surface area contributed by atoms with Gasteiger partial charge in [-0.05, 0) is 18.8 Å². The van der Waals surface area contributed by atoms with E-state index < -0.39 is 33.7 Å². The molecule has 0 bridgehead atoms. The number of amides is 2. The predicted molar refractivity (Wildman–Crippen MR) is 69.4 cm³/mol. The van der Waals surface area contributed by atoms with E-state index in [0.717, 1.165) is 0 Å². The summed E-state index contributed by atoms with van der Waals surface area (Å²) in [5.41, 5.74) is 4.92. The van der Waals surface area contributed by atoms with E-state index in [1.807, 2.05) is 0 Å². The molecule has 1 aliphatic heterocycles. The Kier molecular flexibility index (Phi) is 5.49. The molecule has 8 nitrogen and oxygen atoms in total. The number of hydrogen-bond donors (Lipinski definition) is 3. The Morgan fingerprint density at radius 3 is 2.45 bits per heavy atom. The molecule has 1 heterocycles. The van der Waals surface area contributed by atoms with E-state index in [1.54, 1.807) is 0 Å². The fraction of sp³-hybridized carbons (Fsp3) is 0.727. The van der Waals surface area contributed by atoms with Gasteiger partial charge < -0.3 is 16.2 Å². The van der Waals surface area contributed by atoms with Crippen molar-refractivity contribution in [1.29, 1.82) is 0 Å². The minimum Gasteiger partial charge on any atom is -0.480 e. The van der Waals surface area contributed by atoms with Crippen molar-refractivity contribution in [3.63, 3.8) is 0 Å². The second-order valence-corrected chi connectivity index (χ2v) is 7.17. The minimum atomic E-state index is -3.06. The van der Waals surface area contributed by atoms with Crippen LogP contribution in [0.2, 0.25) is 0 Å². The maximum atomic E-state index is 11.7. The van der Waals surface area contributed by atoms with Gasteiger partial charge in [-0.25, -0.2) is 13.2 Å². The molecule has 0 saturated carbocycles. The number of nitrogens with two attached hydrogens (primary N) is 1. The lowest BCUT2D eigenvalue weighted by atomic mass is 10.0. The fourth-order valence-corrected chi connectivity index (χ4v) is 3.95. The molecule has 0 radical (unpaired) electrons. The topological polar surface area (TPSA) is 144 Å². The first-order chi connectivity index (χ1) is 9.19. The Labute approximate surface area is 116 Å². The molecular weight excluding hydrogens is 288 g/mol. The highest BCUT2D eigenvalue weighted by Gasteiger charge is 2.30. The SMILES string of the molecule is NC(=O)CC[C@H](NC(=O)CC1CCS(=O)(=O)C1)C(=O)O. The van der Waals surface area contributed by atoms with Gasteiger partial charge in [-0.1, -0.05) is 0 Å². The van der Waals surface area contributed by atoms with E-state index in [0.29, 0.717) is 6.42 Å². The average molecular weight is 306 g/mol. The summed E-state index contributed by atoms with van der Waals surface area (Å²) in [5.74, 6) is -2.67. The van der Waals surface area contributed by atoms with Gasteiger partial charge in [-0.2, -0.15) is 0 Å². The molecular formula is C11H18N2O6S. The monoisotopic (exact) mass is 306 g/mol. The van der Waals surface area contributed by atoms with Gasteiger partial charge in [-0.3, -0.25) is 9.59 Å². The molecule has 9 heteroatoms. The number of nitrogens with one attached hydrogen (secondary N) is 1. The third kappa shape index (κ3) is 5.55. The van der Waals surface area contributed by atoms with Gasteiger partial charge in [0.2, 0.25) is 11.8 Å². The van der Waals surface area contributed by atoms with Gasteiger partial charge in [-0.15, -0.1) is 0 Å². The maximum absolute atomic E-state index is 11.7. The maximum Gasteiger partial charge on any atom is 0.326 e. The molecule has 114 valence electrons. The molecule has 0 aliphatic carbocycles. The molecule has 1 rings (SSSR count). The van der Waals surface area contributed by atoms with Crippen LogP contribution in [0.5, 0.6) is 0 Å². The number of carboxylic acid groups (broad SMARTS) is 1. The number of sulfone groups is 1. The smallest absolute Gasteiger partial charge is 0.326 e. The molecule has 4 N–H and O–H groups in total. The molecule has 20 heavy (non-hydrogen) atoms. The Morgan fingerprint density at radius 1 is 1.35 bits per heavy atom. The van der Waals surface area contributed by atoms with Crippen LogP contribution in [0.3, 0.4) is 0 Å². The molecule has 0 aromatic rings. The zero-order valence-corrected chi connectivity index (χ0v) is 11.7. The summed E-state index contributed by atoms with van der Waals surface area (Å²) in [5, 5.41) is 11.2. The molecule has 0 spiro atoms. The summed E-state index contributed by atoms with van der Waals surface area (Å²) in [7, 11) is -3.06. The van der Waals surface area contributed by atoms with Crippen molar-refractivity contribution in [2.75, 3.05) is 11.5 Å². The first kappa shape index (κ1) is 16.4. The Morgan fingerprint density at radius 2 is 2.00 bits per heavy atom. The van der Waals surface area contributed by atoms with E-state index in [2.05, 4.69) is 5.32 Å². The van der Waals surface area contributed by atoms with Crippen LogP contribution in [0.4, 0.5) is 0 Å². The summed E-state index contributed by atoms with van der Waals surface area (Å²) in [6.07, 6.45) is 0.156. The van der Waals surface area contributed by atoms with Crippen LogP contribution in [-0.4, -0.2) is 48.9 Å². The number of primary amides is 1. The molecule has 1 fully saturated rings. The van der Waals surface area contributed by atoms with Gasteiger partial charge >= 0.3 is 5.97 Å². The Balaban J connectivity index is 2.46. The van der Waals surface area contributed by atoms with Gasteiger partial charge in [0.1, 0.15) is 6.04 Å². The first-order valence-corrected chi connectivity index (χ1v) is 8.02. The molecule has 1 saturated heterocycles. The third-order valence-electron chi connectivity index (χ3n) is 3.11. The van der Waals surface area contributed by atoms with Gasteiger partial charge in [0.05, 0.1) is 11.5 Å². The molecule has 1 aliphatic rings. The lowest BCUT2D eigenvalue weighted by Crippen LogP contribution is -2.42. The van der Waals surface area contributed by atoms with Crippen molar-refractivity contribution >= 4 is 27.6 Å². The van der Waals surface area contributed by atoms with Crippen molar-refractivity contribution in [2.45, 2.75) is 31.7 Å². The highest BCUT2D eigenvalue weighted by Crippen LogP contribution is 2.21. The second kappa shape index (κ2) is 6.69. The van der Waals surface area contributed by atoms with E-state index >= 15 is 0 Å². The molecule has 1 unspecified atom stereocenters. The molecule has 0 aromatic heterocycles. The average Bonchev–Trinajstić information content (AvgIpc) is 2.63. The number of aliphatic carboxylic acids is 1. The van der Waals surface area contributed by atoms with Crippen molar-refractivity contribution in [1.82, 2.24) is 5.32 Å². The summed E-state index contributed by atoms with van der Waals surface area (Å²) in [6, 6.07) is -1.19. The zero-order chi connectivity index (χ0) is 15.3. The summed E-state index contributed by atoms with van der Waals surface area (Å²) < 4.78 is 22.5. The van der Waals surface area contributed by atoms with Crippen molar-refractivity contribution in [3.8, 4) is 0 Å². The lowest BCUT2D eigenvalue weighted by molar-refractivity contribution is -0.142. The quantitative estimate of drug-likeness (QED) is 0.530. The minimum absolute atomic E-state index is 0.0282. The summed E-state index contributed by atoms with van der Waals surface area (Å²) in [4.78, 5) is 33.2. The van der Waals surface area contributed by atoms with E-state index in [1.165, 1.54) is 0 Å². The molecule has 2 atom stereocenters. The highest BCUT2D eigenvalue weighted by molar-refractivity contribution is 7.91. The van der Waals surface area contributed by atoms with E-state index in [4.69, 9.17) is 10.8 Å². The number of carboxylic acids is 1. The largest absolute Gasteiger partial charge is 0.480 e. The van der Waals surface area contributed by atoms with Gasteiger partial charge in [0, 0.05) is 12.8 Å². The molecule has 2 amide bonds. The third-order valence-corrected chi connectivity index (χ3v) is 4.95. The highest BCUT2D eigenvalue weighted by atomic mass is 32.2. The summed E-state index contributed by atoms with van der Waals surface area (Å²) >= 11 is 0. The zero-order valence-electron chi connectivity index (χ0n) is 10.9. The normalized spacial score (nSPS) is 22.1. The number of rotatable bonds is 7. The van der Waals surface area contributed by atoms with Crippen LogP contribution >= 0.6 is 0 Å². The Bertz CT molecular complexity index is 501.